The lowest BCUT2D eigenvalue weighted by molar-refractivity contribution is 0.409. The predicted molar refractivity (Wildman–Crippen MR) is 143 cm³/mol. The fraction of sp³-hybridized carbons (Fsp3) is 0.429. The van der Waals surface area contributed by atoms with E-state index in [2.05, 4.69) is 13.8 Å². The van der Waals surface area contributed by atoms with Gasteiger partial charge in [0.05, 0.1) is 23.7 Å². The Balaban J connectivity index is 2.32. The zero-order valence-electron chi connectivity index (χ0n) is 22.3. The van der Waals surface area contributed by atoms with Crippen LogP contribution in [0, 0.1) is 13.8 Å². The number of hydrogen-bond donors (Lipinski definition) is 1. The van der Waals surface area contributed by atoms with Crippen molar-refractivity contribution in [3.63, 3.8) is 0 Å². The summed E-state index contributed by atoms with van der Waals surface area (Å²) in [6.45, 7) is 15.6. The lowest BCUT2D eigenvalue weighted by Crippen LogP contribution is -2.14. The third-order valence-corrected chi connectivity index (χ3v) is 7.55. The molecule has 0 atom stereocenters. The number of ether oxygens (including phenoxy) is 1. The van der Waals surface area contributed by atoms with Crippen LogP contribution >= 0.6 is 0 Å². The second kappa shape index (κ2) is 9.16. The van der Waals surface area contributed by atoms with E-state index in [9.17, 15) is 13.0 Å². The van der Waals surface area contributed by atoms with Gasteiger partial charge in [0.15, 0.2) is 11.3 Å². The van der Waals surface area contributed by atoms with E-state index in [-0.39, 0.29) is 22.6 Å². The minimum absolute atomic E-state index is 0.0245. The summed E-state index contributed by atoms with van der Waals surface area (Å²) < 4.78 is 47.7. The molecule has 2 heterocycles. The Morgan fingerprint density at radius 2 is 1.53 bits per heavy atom. The van der Waals surface area contributed by atoms with E-state index < -0.39 is 10.1 Å². The first kappa shape index (κ1) is 26.1. The van der Waals surface area contributed by atoms with Crippen molar-refractivity contribution in [3.8, 4) is 17.0 Å². The number of methoxy groups -OCH3 is 1. The van der Waals surface area contributed by atoms with Crippen molar-refractivity contribution in [2.24, 2.45) is 0 Å². The van der Waals surface area contributed by atoms with Crippen molar-refractivity contribution < 1.29 is 22.1 Å². The molecule has 8 heteroatoms. The van der Waals surface area contributed by atoms with E-state index in [1.165, 1.54) is 0 Å². The van der Waals surface area contributed by atoms with Gasteiger partial charge < -0.3 is 9.15 Å². The molecule has 0 unspecified atom stereocenters. The smallest absolute Gasteiger partial charge is 0.295 e. The van der Waals surface area contributed by atoms with E-state index >= 15 is 0 Å². The predicted octanol–water partition coefficient (Wildman–Crippen LogP) is 7.29. The lowest BCUT2D eigenvalue weighted by Gasteiger charge is -2.26. The summed E-state index contributed by atoms with van der Waals surface area (Å²) in [7, 11) is -2.93. The van der Waals surface area contributed by atoms with E-state index in [1.807, 2.05) is 59.7 Å². The Morgan fingerprint density at radius 3 is 2.06 bits per heavy atom. The number of hydrogen-bond acceptors (Lipinski definition) is 6. The van der Waals surface area contributed by atoms with Gasteiger partial charge in [-0.2, -0.15) is 8.42 Å². The molecule has 2 aromatic carbocycles. The Hall–Kier alpha value is -2.97. The van der Waals surface area contributed by atoms with Gasteiger partial charge in [-0.05, 0) is 60.4 Å². The third kappa shape index (κ3) is 4.26. The number of rotatable bonds is 6. The molecule has 0 saturated carbocycles. The molecular formula is C28H34N2O5S. The molecule has 0 radical (unpaired) electrons. The first-order valence-corrected chi connectivity index (χ1v) is 13.6. The molecule has 0 saturated heterocycles. The number of furan rings is 1. The van der Waals surface area contributed by atoms with E-state index in [0.29, 0.717) is 45.1 Å². The second-order valence-corrected chi connectivity index (χ2v) is 11.7. The maximum absolute atomic E-state index is 12.8. The largest absolute Gasteiger partial charge is 0.493 e. The third-order valence-electron chi connectivity index (χ3n) is 6.58. The number of aryl methyl sites for hydroxylation is 2. The van der Waals surface area contributed by atoms with Crippen LogP contribution in [0.5, 0.6) is 5.75 Å². The maximum Gasteiger partial charge on any atom is 0.295 e. The molecule has 0 spiro atoms. The highest BCUT2D eigenvalue weighted by atomic mass is 32.2. The van der Waals surface area contributed by atoms with Crippen molar-refractivity contribution in [1.29, 1.82) is 0 Å². The topological polar surface area (TPSA) is 103 Å². The highest BCUT2D eigenvalue weighted by molar-refractivity contribution is 7.86. The molecule has 2 aromatic heterocycles. The van der Waals surface area contributed by atoms with Crippen molar-refractivity contribution in [1.82, 2.24) is 9.97 Å². The average Bonchev–Trinajstić information content (AvgIpc) is 3.17. The number of benzene rings is 2. The standard InChI is InChI=1S/C28H34N2O5S/c1-13(2)18-11-19(14(3)4)28(36(31,32)33)23(15(5)6)24(18)26-20-12-22(34-9)27-21(10-16(7)35-27)25(20)29-17(8)30-26/h10-15H,1-9H3,(H,31,32,33). The molecule has 0 bridgehead atoms. The molecular weight excluding hydrogens is 476 g/mol. The van der Waals surface area contributed by atoms with Gasteiger partial charge in [0.2, 0.25) is 0 Å². The highest BCUT2D eigenvalue weighted by Gasteiger charge is 2.31. The molecule has 7 nitrogen and oxygen atoms in total. The lowest BCUT2D eigenvalue weighted by atomic mass is 9.82. The maximum atomic E-state index is 12.8. The normalized spacial score (nSPS) is 12.6. The van der Waals surface area contributed by atoms with Crippen molar-refractivity contribution in [2.75, 3.05) is 7.11 Å². The minimum atomic E-state index is -4.52. The summed E-state index contributed by atoms with van der Waals surface area (Å²) in [6.07, 6.45) is 0. The van der Waals surface area contributed by atoms with Crippen LogP contribution in [-0.2, 0) is 10.1 Å². The fourth-order valence-corrected chi connectivity index (χ4v) is 6.26. The molecule has 0 amide bonds. The highest BCUT2D eigenvalue weighted by Crippen LogP contribution is 2.46. The van der Waals surface area contributed by atoms with E-state index in [4.69, 9.17) is 19.1 Å². The molecule has 36 heavy (non-hydrogen) atoms. The summed E-state index contributed by atoms with van der Waals surface area (Å²) in [5.41, 5.74) is 4.78. The quantitative estimate of drug-likeness (QED) is 0.272. The average molecular weight is 511 g/mol. The molecule has 4 rings (SSSR count). The minimum Gasteiger partial charge on any atom is -0.493 e. The molecule has 0 fully saturated rings. The monoisotopic (exact) mass is 510 g/mol. The van der Waals surface area contributed by atoms with Crippen LogP contribution < -0.4 is 4.74 Å². The van der Waals surface area contributed by atoms with E-state index in [1.54, 1.807) is 7.11 Å². The van der Waals surface area contributed by atoms with Gasteiger partial charge in [0, 0.05) is 10.9 Å². The van der Waals surface area contributed by atoms with Gasteiger partial charge in [-0.25, -0.2) is 9.97 Å². The molecule has 0 aliphatic carbocycles. The number of aromatic nitrogens is 2. The van der Waals surface area contributed by atoms with Crippen molar-refractivity contribution in [3.05, 3.63) is 46.5 Å². The SMILES string of the molecule is COc1cc2c(-c3c(C(C)C)cc(C(C)C)c(S(=O)(=O)O)c3C(C)C)nc(C)nc2c2cc(C)oc12. The van der Waals surface area contributed by atoms with Crippen LogP contribution in [0.25, 0.3) is 33.1 Å². The summed E-state index contributed by atoms with van der Waals surface area (Å²) in [5.74, 6) is 1.58. The molecule has 1 N–H and O–H groups in total. The van der Waals surface area contributed by atoms with Crippen LogP contribution in [0.1, 0.15) is 87.6 Å². The fourth-order valence-electron chi connectivity index (χ4n) is 5.05. The Labute approximate surface area is 212 Å². The van der Waals surface area contributed by atoms with Crippen LogP contribution in [0.4, 0.5) is 0 Å². The van der Waals surface area contributed by atoms with Crippen LogP contribution in [0.2, 0.25) is 0 Å². The van der Waals surface area contributed by atoms with Gasteiger partial charge >= 0.3 is 0 Å². The van der Waals surface area contributed by atoms with Crippen LogP contribution in [-0.4, -0.2) is 30.0 Å². The zero-order chi connectivity index (χ0) is 26.7. The summed E-state index contributed by atoms with van der Waals surface area (Å²) >= 11 is 0. The number of fused-ring (bicyclic) bond motifs is 3. The van der Waals surface area contributed by atoms with Crippen molar-refractivity contribution >= 4 is 32.0 Å². The van der Waals surface area contributed by atoms with Gasteiger partial charge in [-0.3, -0.25) is 4.55 Å². The van der Waals surface area contributed by atoms with Crippen molar-refractivity contribution in [2.45, 2.75) is 78.0 Å². The summed E-state index contributed by atoms with van der Waals surface area (Å²) in [4.78, 5) is 9.60. The first-order chi connectivity index (χ1) is 16.8. The van der Waals surface area contributed by atoms with Gasteiger partial charge in [-0.1, -0.05) is 47.6 Å². The second-order valence-electron chi connectivity index (χ2n) is 10.3. The summed E-state index contributed by atoms with van der Waals surface area (Å²) in [6, 6.07) is 5.70. The number of nitrogens with zero attached hydrogens (tertiary/aromatic N) is 2. The van der Waals surface area contributed by atoms with Gasteiger partial charge in [0.25, 0.3) is 10.1 Å². The van der Waals surface area contributed by atoms with Gasteiger partial charge in [0.1, 0.15) is 16.5 Å². The van der Waals surface area contributed by atoms with Crippen LogP contribution in [0.15, 0.2) is 27.5 Å². The molecule has 4 aromatic rings. The molecule has 0 aliphatic rings. The van der Waals surface area contributed by atoms with Gasteiger partial charge in [-0.15, -0.1) is 0 Å². The first-order valence-electron chi connectivity index (χ1n) is 12.2. The Morgan fingerprint density at radius 1 is 0.889 bits per heavy atom. The molecule has 0 aliphatic heterocycles. The Bertz CT molecular complexity index is 1600. The van der Waals surface area contributed by atoms with Crippen LogP contribution in [0.3, 0.4) is 0 Å². The zero-order valence-corrected chi connectivity index (χ0v) is 23.2. The molecule has 192 valence electrons. The summed E-state index contributed by atoms with van der Waals surface area (Å²) in [5, 5.41) is 1.53. The Kier molecular flexibility index (Phi) is 6.64. The van der Waals surface area contributed by atoms with E-state index in [0.717, 1.165) is 22.1 Å².